The van der Waals surface area contributed by atoms with Crippen molar-refractivity contribution in [3.63, 3.8) is 0 Å². The summed E-state index contributed by atoms with van der Waals surface area (Å²) in [4.78, 5) is 16.7. The van der Waals surface area contributed by atoms with Gasteiger partial charge in [0.15, 0.2) is 12.0 Å². The molecule has 0 aliphatic carbocycles. The van der Waals surface area contributed by atoms with Crippen LogP contribution in [0.25, 0.3) is 11.1 Å². The van der Waals surface area contributed by atoms with E-state index in [1.807, 2.05) is 18.2 Å². The van der Waals surface area contributed by atoms with Gasteiger partial charge < -0.3 is 9.32 Å². The average Bonchev–Trinajstić information content (AvgIpc) is 2.82. The number of nitrogens with zero attached hydrogens (tertiary/aromatic N) is 2. The second-order valence-corrected chi connectivity index (χ2v) is 3.78. The minimum atomic E-state index is -0.300. The summed E-state index contributed by atoms with van der Waals surface area (Å²) < 4.78 is 5.21. The maximum Gasteiger partial charge on any atom is 0.331 e. The van der Waals surface area contributed by atoms with Crippen LogP contribution in [0.4, 0.5) is 4.79 Å². The van der Waals surface area contributed by atoms with Crippen LogP contribution in [0.15, 0.2) is 29.0 Å². The van der Waals surface area contributed by atoms with Crippen molar-refractivity contribution in [2.24, 2.45) is 5.84 Å². The molecule has 0 saturated carbocycles. The Labute approximate surface area is 98.4 Å². The van der Waals surface area contributed by atoms with E-state index in [1.54, 1.807) is 7.05 Å². The van der Waals surface area contributed by atoms with Gasteiger partial charge in [0.25, 0.3) is 0 Å². The highest BCUT2D eigenvalue weighted by molar-refractivity contribution is 5.73. The van der Waals surface area contributed by atoms with Gasteiger partial charge in [-0.1, -0.05) is 6.07 Å². The Hall–Kier alpha value is -2.08. The first-order chi connectivity index (χ1) is 8.20. The molecule has 0 spiro atoms. The second kappa shape index (κ2) is 4.84. The van der Waals surface area contributed by atoms with Gasteiger partial charge in [0, 0.05) is 13.6 Å². The van der Waals surface area contributed by atoms with Gasteiger partial charge >= 0.3 is 6.03 Å². The number of amides is 2. The second-order valence-electron chi connectivity index (χ2n) is 3.78. The third kappa shape index (κ3) is 2.54. The summed E-state index contributed by atoms with van der Waals surface area (Å²) in [5.41, 5.74) is 4.77. The van der Waals surface area contributed by atoms with Crippen LogP contribution in [-0.4, -0.2) is 29.5 Å². The predicted molar refractivity (Wildman–Crippen MR) is 63.1 cm³/mol. The molecule has 1 aromatic heterocycles. The Morgan fingerprint density at radius 1 is 1.59 bits per heavy atom. The van der Waals surface area contributed by atoms with Gasteiger partial charge in [-0.15, -0.1) is 0 Å². The Balaban J connectivity index is 2.01. The molecular weight excluding hydrogens is 220 g/mol. The van der Waals surface area contributed by atoms with Gasteiger partial charge in [0.2, 0.25) is 0 Å². The van der Waals surface area contributed by atoms with Gasteiger partial charge in [0.1, 0.15) is 5.52 Å². The Kier molecular flexibility index (Phi) is 3.24. The Morgan fingerprint density at radius 3 is 3.18 bits per heavy atom. The Bertz CT molecular complexity index is 523. The summed E-state index contributed by atoms with van der Waals surface area (Å²) in [6.07, 6.45) is 2.16. The van der Waals surface area contributed by atoms with Crippen LogP contribution in [-0.2, 0) is 6.42 Å². The highest BCUT2D eigenvalue weighted by Crippen LogP contribution is 2.14. The van der Waals surface area contributed by atoms with Crippen molar-refractivity contribution in [1.29, 1.82) is 0 Å². The first-order valence-electron chi connectivity index (χ1n) is 5.24. The number of carbonyl (C=O) groups is 1. The van der Waals surface area contributed by atoms with E-state index in [0.29, 0.717) is 6.54 Å². The Morgan fingerprint density at radius 2 is 2.41 bits per heavy atom. The van der Waals surface area contributed by atoms with Gasteiger partial charge in [-0.3, -0.25) is 5.43 Å². The summed E-state index contributed by atoms with van der Waals surface area (Å²) in [7, 11) is 1.69. The van der Waals surface area contributed by atoms with Crippen molar-refractivity contribution in [2.45, 2.75) is 6.42 Å². The van der Waals surface area contributed by atoms with Crippen LogP contribution in [0.2, 0.25) is 0 Å². The minimum Gasteiger partial charge on any atom is -0.443 e. The molecule has 0 atom stereocenters. The van der Waals surface area contributed by atoms with Gasteiger partial charge in [0.05, 0.1) is 0 Å². The molecular formula is C11H14N4O2. The number of hydrogen-bond donors (Lipinski definition) is 2. The zero-order valence-electron chi connectivity index (χ0n) is 9.51. The molecule has 90 valence electrons. The minimum absolute atomic E-state index is 0.300. The lowest BCUT2D eigenvalue weighted by Crippen LogP contribution is -2.41. The normalized spacial score (nSPS) is 10.5. The fraction of sp³-hybridized carbons (Fsp3) is 0.273. The molecule has 0 saturated heterocycles. The van der Waals surface area contributed by atoms with E-state index in [1.165, 1.54) is 11.3 Å². The highest BCUT2D eigenvalue weighted by Gasteiger charge is 2.06. The van der Waals surface area contributed by atoms with Crippen LogP contribution in [0.3, 0.4) is 0 Å². The highest BCUT2D eigenvalue weighted by atomic mass is 16.3. The molecule has 6 nitrogen and oxygen atoms in total. The van der Waals surface area contributed by atoms with Crippen molar-refractivity contribution in [2.75, 3.05) is 13.6 Å². The summed E-state index contributed by atoms with van der Waals surface area (Å²) in [6.45, 7) is 0.586. The van der Waals surface area contributed by atoms with Crippen molar-refractivity contribution >= 4 is 17.1 Å². The van der Waals surface area contributed by atoms with Crippen molar-refractivity contribution < 1.29 is 9.21 Å². The topological polar surface area (TPSA) is 84.4 Å². The molecule has 0 fully saturated rings. The van der Waals surface area contributed by atoms with Crippen LogP contribution in [0, 0.1) is 0 Å². The summed E-state index contributed by atoms with van der Waals surface area (Å²) >= 11 is 0. The number of fused-ring (bicyclic) bond motifs is 1. The molecule has 2 amide bonds. The lowest BCUT2D eigenvalue weighted by molar-refractivity contribution is 0.209. The summed E-state index contributed by atoms with van der Waals surface area (Å²) in [5.74, 6) is 5.04. The predicted octanol–water partition coefficient (Wildman–Crippen LogP) is 0.885. The number of carbonyl (C=O) groups excluding carboxylic acids is 1. The summed E-state index contributed by atoms with van der Waals surface area (Å²) in [6, 6.07) is 5.50. The van der Waals surface area contributed by atoms with Gasteiger partial charge in [-0.05, 0) is 24.1 Å². The number of nitrogens with one attached hydrogen (secondary N) is 1. The molecule has 0 aliphatic heterocycles. The number of hydrogen-bond acceptors (Lipinski definition) is 4. The molecule has 2 aromatic rings. The van der Waals surface area contributed by atoms with Gasteiger partial charge in [-0.25, -0.2) is 15.6 Å². The third-order valence-corrected chi connectivity index (χ3v) is 2.60. The van der Waals surface area contributed by atoms with Crippen LogP contribution < -0.4 is 11.3 Å². The molecule has 0 bridgehead atoms. The largest absolute Gasteiger partial charge is 0.443 e. The monoisotopic (exact) mass is 234 g/mol. The van der Waals surface area contributed by atoms with Crippen LogP contribution >= 0.6 is 0 Å². The maximum atomic E-state index is 11.2. The molecule has 0 aliphatic rings. The van der Waals surface area contributed by atoms with Crippen LogP contribution in [0.5, 0.6) is 0 Å². The number of hydrazine groups is 1. The average molecular weight is 234 g/mol. The standard InChI is InChI=1S/C11H14N4O2/c1-15(11(16)14-12)5-4-8-2-3-9-10(6-8)17-7-13-9/h2-3,6-7H,4-5,12H2,1H3,(H,14,16). The van der Waals surface area contributed by atoms with E-state index >= 15 is 0 Å². The van der Waals surface area contributed by atoms with Gasteiger partial charge in [-0.2, -0.15) is 0 Å². The van der Waals surface area contributed by atoms with E-state index in [0.717, 1.165) is 23.1 Å². The molecule has 0 unspecified atom stereocenters. The van der Waals surface area contributed by atoms with E-state index in [-0.39, 0.29) is 6.03 Å². The molecule has 1 aromatic carbocycles. The third-order valence-electron chi connectivity index (χ3n) is 2.60. The number of oxazole rings is 1. The van der Waals surface area contributed by atoms with Crippen molar-refractivity contribution in [1.82, 2.24) is 15.3 Å². The zero-order valence-corrected chi connectivity index (χ0v) is 9.51. The van der Waals surface area contributed by atoms with Crippen LogP contribution in [0.1, 0.15) is 5.56 Å². The number of urea groups is 1. The molecule has 6 heteroatoms. The molecule has 2 rings (SSSR count). The van der Waals surface area contributed by atoms with E-state index in [9.17, 15) is 4.79 Å². The maximum absolute atomic E-state index is 11.2. The molecule has 1 heterocycles. The SMILES string of the molecule is CN(CCc1ccc2ncoc2c1)C(=O)NN. The number of nitrogens with two attached hydrogens (primary N) is 1. The first-order valence-corrected chi connectivity index (χ1v) is 5.24. The number of aromatic nitrogens is 1. The molecule has 0 radical (unpaired) electrons. The fourth-order valence-corrected chi connectivity index (χ4v) is 1.56. The zero-order chi connectivity index (χ0) is 12.3. The lowest BCUT2D eigenvalue weighted by Gasteiger charge is -2.15. The number of likely N-dealkylation sites (N-methyl/N-ethyl adjacent to an activating group) is 1. The van der Waals surface area contributed by atoms with Crippen molar-refractivity contribution in [3.8, 4) is 0 Å². The number of benzene rings is 1. The first kappa shape index (κ1) is 11.4. The lowest BCUT2D eigenvalue weighted by atomic mass is 10.1. The fourth-order valence-electron chi connectivity index (χ4n) is 1.56. The molecule has 3 N–H and O–H groups in total. The molecule has 17 heavy (non-hydrogen) atoms. The van der Waals surface area contributed by atoms with Crippen molar-refractivity contribution in [3.05, 3.63) is 30.2 Å². The van der Waals surface area contributed by atoms with E-state index in [2.05, 4.69) is 10.4 Å². The summed E-state index contributed by atoms with van der Waals surface area (Å²) in [5, 5.41) is 0. The smallest absolute Gasteiger partial charge is 0.331 e. The van der Waals surface area contributed by atoms with E-state index < -0.39 is 0 Å². The number of rotatable bonds is 3. The quantitative estimate of drug-likeness (QED) is 0.469. The van der Waals surface area contributed by atoms with E-state index in [4.69, 9.17) is 10.3 Å².